The average Bonchev–Trinajstić information content (AvgIpc) is 2.26. The lowest BCUT2D eigenvalue weighted by atomic mass is 10.1. The molecule has 1 aromatic rings. The normalized spacial score (nSPS) is 12.9. The molecule has 1 atom stereocenters. The number of hydrogen-bond acceptors (Lipinski definition) is 2. The lowest BCUT2D eigenvalue weighted by molar-refractivity contribution is 0.116. The van der Waals surface area contributed by atoms with Gasteiger partial charge in [-0.3, -0.25) is 0 Å². The summed E-state index contributed by atoms with van der Waals surface area (Å²) in [6.07, 6.45) is -1.62. The molecule has 15 heavy (non-hydrogen) atoms. The third-order valence-corrected chi connectivity index (χ3v) is 2.01. The smallest absolute Gasteiger partial charge is 0.257 e. The molecule has 0 bridgehead atoms. The number of halogens is 2. The second kappa shape index (κ2) is 5.66. The van der Waals surface area contributed by atoms with Gasteiger partial charge in [0.2, 0.25) is 0 Å². The molecule has 0 aliphatic rings. The lowest BCUT2D eigenvalue weighted by Gasteiger charge is -2.11. The van der Waals surface area contributed by atoms with Crippen molar-refractivity contribution < 1.29 is 13.5 Å². The molecule has 0 spiro atoms. The molecule has 0 saturated carbocycles. The molecule has 84 valence electrons. The van der Waals surface area contributed by atoms with E-state index in [2.05, 4.69) is 0 Å². The molecule has 4 heteroatoms. The Bertz CT molecular complexity index is 287. The van der Waals surface area contributed by atoms with E-state index in [0.717, 1.165) is 6.42 Å². The summed E-state index contributed by atoms with van der Waals surface area (Å²) in [5.74, 6) is 0.682. The van der Waals surface area contributed by atoms with Gasteiger partial charge in [-0.1, -0.05) is 19.1 Å². The van der Waals surface area contributed by atoms with Crippen molar-refractivity contribution >= 4 is 0 Å². The Kier molecular flexibility index (Phi) is 4.49. The Hall–Kier alpha value is -1.16. The standard InChI is InChI=1S/C11H15F2NO/c1-2-7-15-9-5-3-8(4-6-9)10(14)11(12)13/h3-6,10-11H,2,7,14H2,1H3. The van der Waals surface area contributed by atoms with Gasteiger partial charge in [0.05, 0.1) is 12.6 Å². The van der Waals surface area contributed by atoms with E-state index in [1.54, 1.807) is 24.3 Å². The summed E-state index contributed by atoms with van der Waals surface area (Å²) < 4.78 is 29.8. The van der Waals surface area contributed by atoms with E-state index in [4.69, 9.17) is 10.5 Å². The zero-order valence-electron chi connectivity index (χ0n) is 8.62. The highest BCUT2D eigenvalue weighted by atomic mass is 19.3. The lowest BCUT2D eigenvalue weighted by Crippen LogP contribution is -2.18. The van der Waals surface area contributed by atoms with Crippen LogP contribution in [0.3, 0.4) is 0 Å². The quantitative estimate of drug-likeness (QED) is 0.819. The third kappa shape index (κ3) is 3.47. The number of alkyl halides is 2. The third-order valence-electron chi connectivity index (χ3n) is 2.01. The zero-order valence-corrected chi connectivity index (χ0v) is 8.62. The van der Waals surface area contributed by atoms with Crippen LogP contribution in [0.5, 0.6) is 5.75 Å². The average molecular weight is 215 g/mol. The van der Waals surface area contributed by atoms with Gasteiger partial charge < -0.3 is 10.5 Å². The molecule has 0 amide bonds. The van der Waals surface area contributed by atoms with Crippen LogP contribution in [0.4, 0.5) is 8.78 Å². The minimum atomic E-state index is -2.53. The highest BCUT2D eigenvalue weighted by Gasteiger charge is 2.16. The van der Waals surface area contributed by atoms with Gasteiger partial charge in [0.15, 0.2) is 0 Å². The van der Waals surface area contributed by atoms with E-state index in [1.807, 2.05) is 6.92 Å². The summed E-state index contributed by atoms with van der Waals surface area (Å²) in [6.45, 7) is 2.63. The van der Waals surface area contributed by atoms with Crippen LogP contribution >= 0.6 is 0 Å². The van der Waals surface area contributed by atoms with Gasteiger partial charge in [0, 0.05) is 0 Å². The van der Waals surface area contributed by atoms with Gasteiger partial charge in [-0.2, -0.15) is 0 Å². The second-order valence-electron chi connectivity index (χ2n) is 3.28. The molecule has 1 unspecified atom stereocenters. The van der Waals surface area contributed by atoms with E-state index in [0.29, 0.717) is 17.9 Å². The molecule has 0 heterocycles. The maximum Gasteiger partial charge on any atom is 0.257 e. The van der Waals surface area contributed by atoms with Crippen LogP contribution in [0.1, 0.15) is 24.9 Å². The molecule has 1 rings (SSSR count). The summed E-state index contributed by atoms with van der Waals surface area (Å²) in [4.78, 5) is 0. The molecule has 0 radical (unpaired) electrons. The van der Waals surface area contributed by atoms with Crippen molar-refractivity contribution in [2.75, 3.05) is 6.61 Å². The van der Waals surface area contributed by atoms with Crippen molar-refractivity contribution in [2.24, 2.45) is 5.73 Å². The molecule has 0 aromatic heterocycles. The molecule has 0 aliphatic carbocycles. The summed E-state index contributed by atoms with van der Waals surface area (Å²) in [5, 5.41) is 0. The van der Waals surface area contributed by atoms with Gasteiger partial charge in [0.25, 0.3) is 6.43 Å². The van der Waals surface area contributed by atoms with Crippen LogP contribution in [0.2, 0.25) is 0 Å². The first-order valence-corrected chi connectivity index (χ1v) is 4.91. The first-order valence-electron chi connectivity index (χ1n) is 4.91. The number of rotatable bonds is 5. The second-order valence-corrected chi connectivity index (χ2v) is 3.28. The van der Waals surface area contributed by atoms with Gasteiger partial charge >= 0.3 is 0 Å². The van der Waals surface area contributed by atoms with E-state index >= 15 is 0 Å². The summed E-state index contributed by atoms with van der Waals surface area (Å²) >= 11 is 0. The van der Waals surface area contributed by atoms with Crippen LogP contribution < -0.4 is 10.5 Å². The monoisotopic (exact) mass is 215 g/mol. The number of nitrogens with two attached hydrogens (primary N) is 1. The maximum absolute atomic E-state index is 12.3. The minimum absolute atomic E-state index is 0.425. The van der Waals surface area contributed by atoms with Crippen molar-refractivity contribution in [2.45, 2.75) is 25.8 Å². The molecular formula is C11H15F2NO. The van der Waals surface area contributed by atoms with Crippen LogP contribution in [0, 0.1) is 0 Å². The van der Waals surface area contributed by atoms with Crippen LogP contribution in [0.25, 0.3) is 0 Å². The fraction of sp³-hybridized carbons (Fsp3) is 0.455. The Morgan fingerprint density at radius 1 is 1.27 bits per heavy atom. The fourth-order valence-electron chi connectivity index (χ4n) is 1.15. The van der Waals surface area contributed by atoms with Crippen molar-refractivity contribution in [3.05, 3.63) is 29.8 Å². The highest BCUT2D eigenvalue weighted by Crippen LogP contribution is 2.20. The van der Waals surface area contributed by atoms with E-state index in [9.17, 15) is 8.78 Å². The number of ether oxygens (including phenoxy) is 1. The van der Waals surface area contributed by atoms with Crippen molar-refractivity contribution in [1.82, 2.24) is 0 Å². The van der Waals surface area contributed by atoms with E-state index in [-0.39, 0.29) is 0 Å². The maximum atomic E-state index is 12.3. The first kappa shape index (κ1) is 11.9. The Morgan fingerprint density at radius 2 is 1.87 bits per heavy atom. The van der Waals surface area contributed by atoms with Crippen LogP contribution in [0.15, 0.2) is 24.3 Å². The van der Waals surface area contributed by atoms with E-state index in [1.165, 1.54) is 0 Å². The zero-order chi connectivity index (χ0) is 11.3. The van der Waals surface area contributed by atoms with Crippen LogP contribution in [-0.4, -0.2) is 13.0 Å². The molecule has 1 aromatic carbocycles. The van der Waals surface area contributed by atoms with Crippen molar-refractivity contribution in [3.8, 4) is 5.75 Å². The molecule has 2 nitrogen and oxygen atoms in total. The van der Waals surface area contributed by atoms with Crippen LogP contribution in [-0.2, 0) is 0 Å². The Morgan fingerprint density at radius 3 is 2.33 bits per heavy atom. The molecule has 2 N–H and O–H groups in total. The van der Waals surface area contributed by atoms with Crippen molar-refractivity contribution in [3.63, 3.8) is 0 Å². The predicted molar refractivity (Wildman–Crippen MR) is 55.2 cm³/mol. The summed E-state index contributed by atoms with van der Waals surface area (Å²) in [6, 6.07) is 5.25. The molecule has 0 aliphatic heterocycles. The van der Waals surface area contributed by atoms with Gasteiger partial charge in [-0.15, -0.1) is 0 Å². The minimum Gasteiger partial charge on any atom is -0.494 e. The van der Waals surface area contributed by atoms with E-state index < -0.39 is 12.5 Å². The van der Waals surface area contributed by atoms with Crippen molar-refractivity contribution in [1.29, 1.82) is 0 Å². The summed E-state index contributed by atoms with van der Waals surface area (Å²) in [7, 11) is 0. The SMILES string of the molecule is CCCOc1ccc(C(N)C(F)F)cc1. The predicted octanol–water partition coefficient (Wildman–Crippen LogP) is 2.74. The molecule has 0 fully saturated rings. The topological polar surface area (TPSA) is 35.2 Å². The summed E-state index contributed by atoms with van der Waals surface area (Å²) in [5.41, 5.74) is 5.72. The number of hydrogen-bond donors (Lipinski definition) is 1. The Labute approximate surface area is 88.0 Å². The molecule has 0 saturated heterocycles. The fourth-order valence-corrected chi connectivity index (χ4v) is 1.15. The van der Waals surface area contributed by atoms with Gasteiger partial charge in [-0.05, 0) is 24.1 Å². The molecular weight excluding hydrogens is 200 g/mol. The number of benzene rings is 1. The first-order chi connectivity index (χ1) is 7.15. The van der Waals surface area contributed by atoms with Gasteiger partial charge in [0.1, 0.15) is 5.75 Å². The van der Waals surface area contributed by atoms with Gasteiger partial charge in [-0.25, -0.2) is 8.78 Å². The Balaban J connectivity index is 2.63. The highest BCUT2D eigenvalue weighted by molar-refractivity contribution is 5.29. The largest absolute Gasteiger partial charge is 0.494 e.